The SMILES string of the molecule is CC(=O)OC(C(=O)NC1C(=O)N2CC(CSc3nnc(C)s3)(C(=O)O)CS[C@H]12)c1ccccc1. The summed E-state index contributed by atoms with van der Waals surface area (Å²) in [6, 6.07) is 7.73. The molecule has 2 amide bonds. The van der Waals surface area contributed by atoms with E-state index < -0.39 is 35.4 Å². The van der Waals surface area contributed by atoms with Crippen molar-refractivity contribution >= 4 is 58.6 Å². The van der Waals surface area contributed by atoms with Crippen LogP contribution >= 0.6 is 34.9 Å². The lowest BCUT2D eigenvalue weighted by atomic mass is 9.89. The number of nitrogens with zero attached hydrogens (tertiary/aromatic N) is 3. The van der Waals surface area contributed by atoms with Crippen LogP contribution in [-0.4, -0.2) is 73.4 Å². The van der Waals surface area contributed by atoms with E-state index in [1.54, 1.807) is 30.3 Å². The molecule has 1 aromatic heterocycles. The largest absolute Gasteiger partial charge is 0.481 e. The van der Waals surface area contributed by atoms with Crippen LogP contribution in [0.2, 0.25) is 0 Å². The van der Waals surface area contributed by atoms with Gasteiger partial charge in [0.2, 0.25) is 12.0 Å². The predicted molar refractivity (Wildman–Crippen MR) is 126 cm³/mol. The van der Waals surface area contributed by atoms with Crippen molar-refractivity contribution in [1.82, 2.24) is 20.4 Å². The highest BCUT2D eigenvalue weighted by molar-refractivity contribution is 8.01. The van der Waals surface area contributed by atoms with Crippen LogP contribution in [0.5, 0.6) is 0 Å². The molecule has 4 atom stereocenters. The van der Waals surface area contributed by atoms with Gasteiger partial charge in [-0.25, -0.2) is 0 Å². The molecular formula is C21H22N4O6S3. The van der Waals surface area contributed by atoms with E-state index in [2.05, 4.69) is 15.5 Å². The third-order valence-corrected chi connectivity index (χ3v) is 9.35. The van der Waals surface area contributed by atoms with Crippen LogP contribution in [-0.2, 0) is 23.9 Å². The molecule has 34 heavy (non-hydrogen) atoms. The van der Waals surface area contributed by atoms with Gasteiger partial charge in [-0.1, -0.05) is 53.4 Å². The summed E-state index contributed by atoms with van der Waals surface area (Å²) in [5, 5.41) is 21.0. The number of fused-ring (bicyclic) bond motifs is 1. The fourth-order valence-electron chi connectivity index (χ4n) is 3.74. The molecular weight excluding hydrogens is 500 g/mol. The second-order valence-electron chi connectivity index (χ2n) is 8.02. The van der Waals surface area contributed by atoms with E-state index in [4.69, 9.17) is 4.74 Å². The van der Waals surface area contributed by atoms with Crippen LogP contribution in [0.4, 0.5) is 0 Å². The van der Waals surface area contributed by atoms with Crippen LogP contribution < -0.4 is 5.32 Å². The van der Waals surface area contributed by atoms with Gasteiger partial charge in [0.25, 0.3) is 5.91 Å². The second kappa shape index (κ2) is 9.92. The Morgan fingerprint density at radius 2 is 2.06 bits per heavy atom. The molecule has 1 aromatic carbocycles. The number of carbonyl (C=O) groups excluding carboxylic acids is 3. The molecule has 2 N–H and O–H groups in total. The van der Waals surface area contributed by atoms with Gasteiger partial charge in [0.1, 0.15) is 21.8 Å². The fraction of sp³-hybridized carbons (Fsp3) is 0.429. The molecule has 180 valence electrons. The number of aryl methyl sites for hydroxylation is 1. The van der Waals surface area contributed by atoms with Crippen molar-refractivity contribution in [3.05, 3.63) is 40.9 Å². The summed E-state index contributed by atoms with van der Waals surface area (Å²) in [5.41, 5.74) is -0.649. The van der Waals surface area contributed by atoms with E-state index >= 15 is 0 Å². The molecule has 4 rings (SSSR count). The zero-order valence-electron chi connectivity index (χ0n) is 18.3. The zero-order chi connectivity index (χ0) is 24.5. The minimum Gasteiger partial charge on any atom is -0.481 e. The summed E-state index contributed by atoms with van der Waals surface area (Å²) in [6.07, 6.45) is -1.18. The van der Waals surface area contributed by atoms with Gasteiger partial charge in [0.15, 0.2) is 4.34 Å². The molecule has 10 nitrogen and oxygen atoms in total. The van der Waals surface area contributed by atoms with E-state index in [0.29, 0.717) is 9.90 Å². The number of aliphatic carboxylic acids is 1. The van der Waals surface area contributed by atoms with Crippen molar-refractivity contribution in [1.29, 1.82) is 0 Å². The number of benzene rings is 1. The Morgan fingerprint density at radius 1 is 1.32 bits per heavy atom. The van der Waals surface area contributed by atoms with E-state index in [0.717, 1.165) is 5.01 Å². The molecule has 2 saturated heterocycles. The number of nitrogens with one attached hydrogen (secondary N) is 1. The lowest BCUT2D eigenvalue weighted by molar-refractivity contribution is -0.160. The highest BCUT2D eigenvalue weighted by Crippen LogP contribution is 2.44. The average molecular weight is 523 g/mol. The van der Waals surface area contributed by atoms with E-state index in [-0.39, 0.29) is 29.3 Å². The summed E-state index contributed by atoms with van der Waals surface area (Å²) < 4.78 is 5.89. The number of ether oxygens (including phenoxy) is 1. The van der Waals surface area contributed by atoms with Gasteiger partial charge in [-0.15, -0.1) is 22.0 Å². The van der Waals surface area contributed by atoms with Gasteiger partial charge >= 0.3 is 11.9 Å². The summed E-state index contributed by atoms with van der Waals surface area (Å²) in [4.78, 5) is 51.0. The van der Waals surface area contributed by atoms with Crippen LogP contribution in [0.15, 0.2) is 34.7 Å². The van der Waals surface area contributed by atoms with E-state index in [9.17, 15) is 24.3 Å². The molecule has 2 fully saturated rings. The number of β-lactam (4-membered cyclic amide) rings is 1. The number of amides is 2. The molecule has 2 aliphatic rings. The second-order valence-corrected chi connectivity index (χ2v) is 11.5. The molecule has 2 aromatic rings. The van der Waals surface area contributed by atoms with Crippen LogP contribution in [0.3, 0.4) is 0 Å². The number of esters is 1. The zero-order valence-corrected chi connectivity index (χ0v) is 20.7. The first-order valence-corrected chi connectivity index (χ1v) is 13.2. The predicted octanol–water partition coefficient (Wildman–Crippen LogP) is 1.71. The Kier molecular flexibility index (Phi) is 7.14. The van der Waals surface area contributed by atoms with Gasteiger partial charge in [-0.05, 0) is 6.92 Å². The molecule has 0 saturated carbocycles. The van der Waals surface area contributed by atoms with Gasteiger partial charge < -0.3 is 20.1 Å². The van der Waals surface area contributed by atoms with Crippen molar-refractivity contribution in [2.45, 2.75) is 35.7 Å². The van der Waals surface area contributed by atoms with Crippen molar-refractivity contribution in [2.24, 2.45) is 5.41 Å². The van der Waals surface area contributed by atoms with Crippen LogP contribution in [0.25, 0.3) is 0 Å². The average Bonchev–Trinajstić information content (AvgIpc) is 3.24. The van der Waals surface area contributed by atoms with Crippen LogP contribution in [0, 0.1) is 12.3 Å². The minimum absolute atomic E-state index is 0.0437. The lowest BCUT2D eigenvalue weighted by Gasteiger charge is -2.53. The minimum atomic E-state index is -1.18. The number of rotatable bonds is 8. The van der Waals surface area contributed by atoms with Gasteiger partial charge in [0, 0.05) is 30.5 Å². The van der Waals surface area contributed by atoms with Gasteiger partial charge in [-0.3, -0.25) is 19.2 Å². The normalized spacial score (nSPS) is 24.5. The Hall–Kier alpha value is -2.64. The molecule has 3 unspecified atom stereocenters. The number of aromatic nitrogens is 2. The lowest BCUT2D eigenvalue weighted by Crippen LogP contribution is -2.74. The summed E-state index contributed by atoms with van der Waals surface area (Å²) >= 11 is 4.03. The highest BCUT2D eigenvalue weighted by Gasteiger charge is 2.57. The number of hydrogen-bond donors (Lipinski definition) is 2. The monoisotopic (exact) mass is 522 g/mol. The number of carboxylic acid groups (broad SMARTS) is 1. The molecule has 0 spiro atoms. The van der Waals surface area contributed by atoms with E-state index in [1.165, 1.54) is 46.7 Å². The first-order chi connectivity index (χ1) is 16.2. The van der Waals surface area contributed by atoms with Gasteiger partial charge in [0.05, 0.1) is 0 Å². The van der Waals surface area contributed by atoms with Crippen LogP contribution in [0.1, 0.15) is 23.6 Å². The van der Waals surface area contributed by atoms with Crippen molar-refractivity contribution in [3.8, 4) is 0 Å². The first kappa shape index (κ1) is 24.5. The summed E-state index contributed by atoms with van der Waals surface area (Å²) in [7, 11) is 0. The topological polar surface area (TPSA) is 139 Å². The first-order valence-electron chi connectivity index (χ1n) is 10.3. The van der Waals surface area contributed by atoms with Crippen molar-refractivity contribution < 1.29 is 29.0 Å². The third-order valence-electron chi connectivity index (χ3n) is 5.50. The maximum Gasteiger partial charge on any atom is 0.313 e. The smallest absolute Gasteiger partial charge is 0.313 e. The maximum atomic E-state index is 12.9. The number of thioether (sulfide) groups is 2. The highest BCUT2D eigenvalue weighted by atomic mass is 32.2. The Morgan fingerprint density at radius 3 is 2.68 bits per heavy atom. The number of hydrogen-bond acceptors (Lipinski definition) is 10. The third kappa shape index (κ3) is 4.91. The Balaban J connectivity index is 1.42. The Bertz CT molecular complexity index is 1110. The number of carbonyl (C=O) groups is 4. The molecule has 0 bridgehead atoms. The van der Waals surface area contributed by atoms with Crippen molar-refractivity contribution in [2.75, 3.05) is 18.1 Å². The molecule has 0 radical (unpaired) electrons. The maximum absolute atomic E-state index is 12.9. The van der Waals surface area contributed by atoms with Gasteiger partial charge in [-0.2, -0.15) is 0 Å². The quantitative estimate of drug-likeness (QED) is 0.299. The summed E-state index contributed by atoms with van der Waals surface area (Å²) in [6.45, 7) is 3.08. The van der Waals surface area contributed by atoms with Crippen molar-refractivity contribution in [3.63, 3.8) is 0 Å². The summed E-state index contributed by atoms with van der Waals surface area (Å²) in [5.74, 6) is -2.03. The standard InChI is InChI=1S/C21H22N4O6S3/c1-11-23-24-20(34-11)33-10-21(19(29)30)8-25-17(28)14(18(25)32-9-21)22-16(27)15(31-12(2)26)13-6-4-3-5-7-13/h3-7,14-15,18H,8-10H2,1-2H3,(H,22,27)(H,29,30)/t14?,15?,18-,21?/m1/s1. The molecule has 2 aliphatic heterocycles. The number of carboxylic acids is 1. The molecule has 13 heteroatoms. The Labute approximate surface area is 207 Å². The molecule has 3 heterocycles. The molecule has 0 aliphatic carbocycles. The fourth-order valence-corrected chi connectivity index (χ4v) is 7.41. The van der Waals surface area contributed by atoms with E-state index in [1.807, 2.05) is 6.92 Å².